The van der Waals surface area contributed by atoms with E-state index < -0.39 is 0 Å². The summed E-state index contributed by atoms with van der Waals surface area (Å²) in [5.41, 5.74) is 2.77. The van der Waals surface area contributed by atoms with Gasteiger partial charge in [0.1, 0.15) is 5.75 Å². The molecule has 0 saturated heterocycles. The molecule has 0 aliphatic carbocycles. The van der Waals surface area contributed by atoms with Gasteiger partial charge in [0.2, 0.25) is 0 Å². The van der Waals surface area contributed by atoms with Crippen molar-refractivity contribution in [1.82, 2.24) is 0 Å². The second kappa shape index (κ2) is 10.3. The van der Waals surface area contributed by atoms with Gasteiger partial charge >= 0.3 is 5.97 Å². The first-order chi connectivity index (χ1) is 14.6. The van der Waals surface area contributed by atoms with Crippen molar-refractivity contribution >= 4 is 22.3 Å². The van der Waals surface area contributed by atoms with Crippen molar-refractivity contribution in [3.05, 3.63) is 84.4 Å². The van der Waals surface area contributed by atoms with Crippen molar-refractivity contribution in [3.63, 3.8) is 0 Å². The van der Waals surface area contributed by atoms with Gasteiger partial charge in [-0.05, 0) is 47.4 Å². The highest BCUT2D eigenvalue weighted by molar-refractivity contribution is 5.86. The Balaban J connectivity index is 1.47. The minimum atomic E-state index is -0.319. The molecular weight excluding hydrogens is 372 g/mol. The Morgan fingerprint density at radius 1 is 1.03 bits per heavy atom. The predicted octanol–water partition coefficient (Wildman–Crippen LogP) is 5.99. The molecule has 1 atom stereocenters. The molecule has 0 fully saturated rings. The summed E-state index contributed by atoms with van der Waals surface area (Å²) in [4.78, 5) is 12.4. The number of carbonyl (C=O) groups excluding carboxylic acids is 1. The number of carbonyl (C=O) groups is 1. The topological polar surface area (TPSA) is 35.5 Å². The highest BCUT2D eigenvalue weighted by atomic mass is 16.5. The van der Waals surface area contributed by atoms with Gasteiger partial charge in [-0.1, -0.05) is 73.0 Å². The van der Waals surface area contributed by atoms with Crippen LogP contribution in [0.2, 0.25) is 0 Å². The van der Waals surface area contributed by atoms with Crippen LogP contribution in [-0.2, 0) is 9.53 Å². The Morgan fingerprint density at radius 2 is 1.77 bits per heavy atom. The summed E-state index contributed by atoms with van der Waals surface area (Å²) in [5, 5.41) is 2.15. The van der Waals surface area contributed by atoms with Gasteiger partial charge in [-0.25, -0.2) is 0 Å². The van der Waals surface area contributed by atoms with Crippen LogP contribution >= 0.6 is 0 Å². The van der Waals surface area contributed by atoms with E-state index in [1.165, 1.54) is 0 Å². The number of hydrogen-bond acceptors (Lipinski definition) is 3. The Morgan fingerprint density at radius 3 is 2.53 bits per heavy atom. The number of methoxy groups -OCH3 is 1. The predicted molar refractivity (Wildman–Crippen MR) is 122 cm³/mol. The fraction of sp³-hybridized carbons (Fsp3) is 0.222. The van der Waals surface area contributed by atoms with Crippen molar-refractivity contribution in [1.29, 1.82) is 0 Å². The monoisotopic (exact) mass is 398 g/mol. The van der Waals surface area contributed by atoms with Crippen LogP contribution in [0, 0.1) is 11.8 Å². The molecule has 0 aliphatic rings. The van der Waals surface area contributed by atoms with E-state index in [2.05, 4.69) is 18.4 Å². The maximum absolute atomic E-state index is 12.4. The van der Waals surface area contributed by atoms with Crippen molar-refractivity contribution in [3.8, 4) is 17.6 Å². The Hall–Kier alpha value is -3.51. The van der Waals surface area contributed by atoms with Gasteiger partial charge in [0, 0.05) is 12.0 Å². The number of allylic oxidation sites excluding steroid dienone is 1. The molecule has 0 saturated carbocycles. The molecule has 0 spiro atoms. The molecule has 152 valence electrons. The summed E-state index contributed by atoms with van der Waals surface area (Å²) < 4.78 is 10.7. The maximum atomic E-state index is 12.4. The first-order valence-corrected chi connectivity index (χ1v) is 10.1. The van der Waals surface area contributed by atoms with Crippen LogP contribution in [0.1, 0.15) is 36.8 Å². The van der Waals surface area contributed by atoms with Gasteiger partial charge in [-0.3, -0.25) is 4.79 Å². The van der Waals surface area contributed by atoms with Crippen LogP contribution < -0.4 is 4.74 Å². The SMILES string of the molecule is C=C(C#CCCCOC(=O)[C@@H](C)c1ccc2cc(OC)ccc2c1)c1ccccc1. The number of benzene rings is 3. The lowest BCUT2D eigenvalue weighted by Gasteiger charge is -2.12. The van der Waals surface area contributed by atoms with Gasteiger partial charge in [0.05, 0.1) is 19.6 Å². The van der Waals surface area contributed by atoms with E-state index in [-0.39, 0.29) is 11.9 Å². The number of rotatable bonds is 7. The molecule has 0 amide bonds. The van der Waals surface area contributed by atoms with Crippen LogP contribution in [0.4, 0.5) is 0 Å². The molecule has 3 aromatic rings. The summed E-state index contributed by atoms with van der Waals surface area (Å²) >= 11 is 0. The first-order valence-electron chi connectivity index (χ1n) is 10.1. The summed E-state index contributed by atoms with van der Waals surface area (Å²) in [6.07, 6.45) is 1.36. The van der Waals surface area contributed by atoms with Crippen molar-refractivity contribution in [2.75, 3.05) is 13.7 Å². The van der Waals surface area contributed by atoms with Crippen LogP contribution in [0.25, 0.3) is 16.3 Å². The average molecular weight is 399 g/mol. The summed E-state index contributed by atoms with van der Waals surface area (Å²) in [7, 11) is 1.65. The molecule has 0 radical (unpaired) electrons. The second-order valence-corrected chi connectivity index (χ2v) is 7.11. The zero-order chi connectivity index (χ0) is 21.3. The normalized spacial score (nSPS) is 11.3. The number of fused-ring (bicyclic) bond motifs is 1. The summed E-state index contributed by atoms with van der Waals surface area (Å²) in [5.74, 6) is 6.44. The van der Waals surface area contributed by atoms with Gasteiger partial charge in [-0.15, -0.1) is 0 Å². The lowest BCUT2D eigenvalue weighted by molar-refractivity contribution is -0.145. The molecule has 3 nitrogen and oxygen atoms in total. The van der Waals surface area contributed by atoms with Gasteiger partial charge in [-0.2, -0.15) is 0 Å². The van der Waals surface area contributed by atoms with Crippen LogP contribution in [0.15, 0.2) is 73.3 Å². The number of ether oxygens (including phenoxy) is 2. The van der Waals surface area contributed by atoms with Crippen LogP contribution in [-0.4, -0.2) is 19.7 Å². The number of hydrogen-bond donors (Lipinski definition) is 0. The van der Waals surface area contributed by atoms with Crippen LogP contribution in [0.3, 0.4) is 0 Å². The van der Waals surface area contributed by atoms with Crippen LogP contribution in [0.5, 0.6) is 5.75 Å². The molecule has 0 N–H and O–H groups in total. The first kappa shape index (κ1) is 21.2. The van der Waals surface area contributed by atoms with E-state index >= 15 is 0 Å². The van der Waals surface area contributed by atoms with E-state index in [1.54, 1.807) is 7.11 Å². The van der Waals surface area contributed by atoms with Gasteiger partial charge < -0.3 is 9.47 Å². The quantitative estimate of drug-likeness (QED) is 0.278. The smallest absolute Gasteiger partial charge is 0.313 e. The maximum Gasteiger partial charge on any atom is 0.313 e. The Bertz CT molecular complexity index is 1090. The third-order valence-corrected chi connectivity index (χ3v) is 4.98. The molecular formula is C27H26O3. The summed E-state index contributed by atoms with van der Waals surface area (Å²) in [6.45, 7) is 6.23. The minimum Gasteiger partial charge on any atom is -0.497 e. The van der Waals surface area contributed by atoms with Crippen molar-refractivity contribution in [2.24, 2.45) is 0 Å². The van der Waals surface area contributed by atoms with Gasteiger partial charge in [0.15, 0.2) is 0 Å². The highest BCUT2D eigenvalue weighted by Crippen LogP contribution is 2.25. The molecule has 0 bridgehead atoms. The van der Waals surface area contributed by atoms with E-state index in [0.717, 1.165) is 33.2 Å². The molecule has 3 heteroatoms. The van der Waals surface area contributed by atoms with Crippen molar-refractivity contribution in [2.45, 2.75) is 25.7 Å². The fourth-order valence-corrected chi connectivity index (χ4v) is 3.11. The third kappa shape index (κ3) is 5.52. The van der Waals surface area contributed by atoms with E-state index in [0.29, 0.717) is 19.4 Å². The largest absolute Gasteiger partial charge is 0.497 e. The molecule has 30 heavy (non-hydrogen) atoms. The Kier molecular flexibility index (Phi) is 7.29. The Labute approximate surface area is 178 Å². The fourth-order valence-electron chi connectivity index (χ4n) is 3.11. The average Bonchev–Trinajstić information content (AvgIpc) is 2.80. The highest BCUT2D eigenvalue weighted by Gasteiger charge is 2.17. The van der Waals surface area contributed by atoms with Crippen molar-refractivity contribution < 1.29 is 14.3 Å². The molecule has 3 rings (SSSR count). The zero-order valence-corrected chi connectivity index (χ0v) is 17.5. The number of unbranched alkanes of at least 4 members (excludes halogenated alkanes) is 1. The summed E-state index contributed by atoms with van der Waals surface area (Å²) in [6, 6.07) is 21.8. The lowest BCUT2D eigenvalue weighted by Crippen LogP contribution is -2.14. The zero-order valence-electron chi connectivity index (χ0n) is 17.5. The van der Waals surface area contributed by atoms with E-state index in [4.69, 9.17) is 9.47 Å². The number of esters is 1. The van der Waals surface area contributed by atoms with Gasteiger partial charge in [0.25, 0.3) is 0 Å². The second-order valence-electron chi connectivity index (χ2n) is 7.11. The van der Waals surface area contributed by atoms with E-state index in [9.17, 15) is 4.79 Å². The molecule has 0 aromatic heterocycles. The lowest BCUT2D eigenvalue weighted by atomic mass is 9.98. The minimum absolute atomic E-state index is 0.218. The molecule has 0 unspecified atom stereocenters. The third-order valence-electron chi connectivity index (χ3n) is 4.98. The van der Waals surface area contributed by atoms with E-state index in [1.807, 2.05) is 73.7 Å². The standard InChI is InChI=1S/C27H26O3/c1-20(22-11-7-4-8-12-22)10-6-5-9-17-30-27(28)21(2)23-13-14-25-19-26(29-3)16-15-24(25)18-23/h4,7-8,11-16,18-19,21H,1,5,9,17H2,2-3H3/t21-/m0/s1. The molecule has 0 heterocycles. The molecule has 0 aliphatic heterocycles. The molecule has 3 aromatic carbocycles.